The second kappa shape index (κ2) is 8.26. The third-order valence-corrected chi connectivity index (χ3v) is 9.74. The van der Waals surface area contributed by atoms with Crippen LogP contribution < -0.4 is 0 Å². The van der Waals surface area contributed by atoms with Gasteiger partial charge < -0.3 is 4.74 Å². The van der Waals surface area contributed by atoms with Crippen LogP contribution in [0.2, 0.25) is 25.7 Å². The number of esters is 1. The van der Waals surface area contributed by atoms with Gasteiger partial charge in [0.05, 0.1) is 29.0 Å². The number of sulfonamides is 1. The van der Waals surface area contributed by atoms with Gasteiger partial charge in [-0.1, -0.05) is 37.8 Å². The minimum absolute atomic E-state index is 0.120. The molecule has 24 heavy (non-hydrogen) atoms. The first kappa shape index (κ1) is 20.9. The van der Waals surface area contributed by atoms with Crippen LogP contribution in [0.1, 0.15) is 6.42 Å². The molecular formula is C15H25NO5S2Si. The van der Waals surface area contributed by atoms with Crippen LogP contribution in [0.25, 0.3) is 0 Å². The smallest absolute Gasteiger partial charge is 0.306 e. The minimum Gasteiger partial charge on any atom is -0.469 e. The SMILES string of the molecule is COC(=O)CCS(=O)(=NS(=O)(=O)CC[Si](C)(C)C)c1ccccc1. The Kier molecular flexibility index (Phi) is 7.18. The van der Waals surface area contributed by atoms with Crippen LogP contribution in [0.5, 0.6) is 0 Å². The molecule has 0 radical (unpaired) electrons. The van der Waals surface area contributed by atoms with E-state index in [4.69, 9.17) is 0 Å². The maximum Gasteiger partial charge on any atom is 0.306 e. The molecule has 1 unspecified atom stereocenters. The van der Waals surface area contributed by atoms with Gasteiger partial charge in [0.25, 0.3) is 10.0 Å². The van der Waals surface area contributed by atoms with Crippen LogP contribution in [0.4, 0.5) is 0 Å². The summed E-state index contributed by atoms with van der Waals surface area (Å²) in [5.74, 6) is -0.853. The Morgan fingerprint density at radius 1 is 1.08 bits per heavy atom. The van der Waals surface area contributed by atoms with Crippen molar-refractivity contribution >= 4 is 33.8 Å². The quantitative estimate of drug-likeness (QED) is 0.502. The van der Waals surface area contributed by atoms with Crippen molar-refractivity contribution in [3.63, 3.8) is 0 Å². The van der Waals surface area contributed by atoms with Crippen molar-refractivity contribution in [2.45, 2.75) is 37.0 Å². The molecule has 0 N–H and O–H groups in total. The molecule has 0 aliphatic heterocycles. The molecule has 0 bridgehead atoms. The average molecular weight is 392 g/mol. The van der Waals surface area contributed by atoms with Crippen LogP contribution in [0.15, 0.2) is 39.0 Å². The Morgan fingerprint density at radius 2 is 1.67 bits per heavy atom. The first-order chi connectivity index (χ1) is 11.0. The number of methoxy groups -OCH3 is 1. The van der Waals surface area contributed by atoms with Gasteiger partial charge in [-0.25, -0.2) is 12.6 Å². The highest BCUT2D eigenvalue weighted by Gasteiger charge is 2.23. The van der Waals surface area contributed by atoms with E-state index in [1.54, 1.807) is 30.3 Å². The first-order valence-corrected chi connectivity index (χ1v) is 14.6. The fraction of sp³-hybridized carbons (Fsp3) is 0.533. The van der Waals surface area contributed by atoms with E-state index in [-0.39, 0.29) is 17.9 Å². The van der Waals surface area contributed by atoms with Crippen molar-refractivity contribution in [2.24, 2.45) is 3.77 Å². The largest absolute Gasteiger partial charge is 0.469 e. The molecule has 1 atom stereocenters. The maximum atomic E-state index is 13.2. The van der Waals surface area contributed by atoms with Gasteiger partial charge in [-0.3, -0.25) is 4.79 Å². The van der Waals surface area contributed by atoms with Crippen LogP contribution in [-0.2, 0) is 29.3 Å². The van der Waals surface area contributed by atoms with Crippen LogP contribution in [-0.4, -0.2) is 45.3 Å². The summed E-state index contributed by atoms with van der Waals surface area (Å²) in [5, 5.41) is 0. The first-order valence-electron chi connectivity index (χ1n) is 7.58. The van der Waals surface area contributed by atoms with E-state index in [0.717, 1.165) is 0 Å². The zero-order chi connectivity index (χ0) is 18.4. The van der Waals surface area contributed by atoms with Gasteiger partial charge in [0.2, 0.25) is 0 Å². The van der Waals surface area contributed by atoms with Gasteiger partial charge in [0.1, 0.15) is 0 Å². The lowest BCUT2D eigenvalue weighted by Gasteiger charge is -2.15. The van der Waals surface area contributed by atoms with Crippen molar-refractivity contribution in [3.8, 4) is 0 Å². The Morgan fingerprint density at radius 3 is 2.17 bits per heavy atom. The summed E-state index contributed by atoms with van der Waals surface area (Å²) in [6.07, 6.45) is -0.155. The molecule has 1 rings (SSSR count). The summed E-state index contributed by atoms with van der Waals surface area (Å²) in [7, 11) is -7.43. The number of carbonyl (C=O) groups excluding carboxylic acids is 1. The summed E-state index contributed by atoms with van der Waals surface area (Å²) >= 11 is 0. The molecule has 0 fully saturated rings. The van der Waals surface area contributed by atoms with Crippen molar-refractivity contribution in [1.82, 2.24) is 0 Å². The lowest BCUT2D eigenvalue weighted by molar-refractivity contribution is -0.140. The number of carbonyl (C=O) groups is 1. The molecule has 1 aromatic carbocycles. The fourth-order valence-corrected chi connectivity index (χ4v) is 8.96. The average Bonchev–Trinajstić information content (AvgIpc) is 2.51. The van der Waals surface area contributed by atoms with Crippen molar-refractivity contribution in [1.29, 1.82) is 0 Å². The number of rotatable bonds is 8. The molecule has 0 aromatic heterocycles. The molecule has 0 saturated carbocycles. The molecule has 0 amide bonds. The number of benzene rings is 1. The van der Waals surface area contributed by atoms with Gasteiger partial charge in [-0.15, -0.1) is 3.77 Å². The van der Waals surface area contributed by atoms with Gasteiger partial charge >= 0.3 is 5.97 Å². The Balaban J connectivity index is 3.22. The van der Waals surface area contributed by atoms with Gasteiger partial charge in [0, 0.05) is 18.7 Å². The molecule has 9 heteroatoms. The van der Waals surface area contributed by atoms with Gasteiger partial charge in [0.15, 0.2) is 0 Å². The van der Waals surface area contributed by atoms with E-state index in [2.05, 4.69) is 28.1 Å². The molecule has 0 aliphatic rings. The normalized spacial score (nSPS) is 14.7. The summed E-state index contributed by atoms with van der Waals surface area (Å²) in [4.78, 5) is 11.7. The number of ether oxygens (including phenoxy) is 1. The highest BCUT2D eigenvalue weighted by molar-refractivity contribution is 8.03. The molecule has 0 saturated heterocycles. The topological polar surface area (TPSA) is 89.9 Å². The molecule has 136 valence electrons. The predicted octanol–water partition coefficient (Wildman–Crippen LogP) is 2.74. The summed E-state index contributed by atoms with van der Waals surface area (Å²) in [5.41, 5.74) is 0. The molecule has 0 aliphatic carbocycles. The summed E-state index contributed by atoms with van der Waals surface area (Å²) in [6.45, 7) is 6.19. The highest BCUT2D eigenvalue weighted by Crippen LogP contribution is 2.19. The summed E-state index contributed by atoms with van der Waals surface area (Å²) < 4.78 is 46.2. The lowest BCUT2D eigenvalue weighted by Crippen LogP contribution is -2.24. The number of hydrogen-bond acceptors (Lipinski definition) is 5. The third kappa shape index (κ3) is 7.14. The van der Waals surface area contributed by atoms with E-state index in [9.17, 15) is 17.4 Å². The van der Waals surface area contributed by atoms with E-state index < -0.39 is 33.8 Å². The maximum absolute atomic E-state index is 13.2. The molecule has 0 spiro atoms. The minimum atomic E-state index is -3.84. The Bertz CT molecular complexity index is 776. The zero-order valence-electron chi connectivity index (χ0n) is 14.5. The predicted molar refractivity (Wildman–Crippen MR) is 98.7 cm³/mol. The van der Waals surface area contributed by atoms with Crippen LogP contribution in [0.3, 0.4) is 0 Å². The summed E-state index contributed by atoms with van der Waals surface area (Å²) in [6, 6.07) is 8.74. The van der Waals surface area contributed by atoms with Gasteiger partial charge in [-0.05, 0) is 18.2 Å². The standard InChI is InChI=1S/C15H25NO5S2Si/c1-21-15(17)10-11-22(18,14-8-6-5-7-9-14)16-23(19,20)12-13-24(2,3)4/h5-9H,10-13H2,1-4H3. The van der Waals surface area contributed by atoms with Crippen molar-refractivity contribution in [3.05, 3.63) is 30.3 Å². The van der Waals surface area contributed by atoms with Crippen molar-refractivity contribution in [2.75, 3.05) is 18.6 Å². The second-order valence-electron chi connectivity index (χ2n) is 6.65. The number of hydrogen-bond donors (Lipinski definition) is 0. The van der Waals surface area contributed by atoms with Crippen molar-refractivity contribution < 1.29 is 22.2 Å². The van der Waals surface area contributed by atoms with Gasteiger partial charge in [-0.2, -0.15) is 0 Å². The fourth-order valence-electron chi connectivity index (χ4n) is 1.81. The van der Waals surface area contributed by atoms with E-state index in [1.807, 2.05) is 0 Å². The monoisotopic (exact) mass is 391 g/mol. The highest BCUT2D eigenvalue weighted by atomic mass is 32.3. The molecule has 1 aromatic rings. The molecule has 6 nitrogen and oxygen atoms in total. The lowest BCUT2D eigenvalue weighted by atomic mass is 10.4. The third-order valence-electron chi connectivity index (χ3n) is 3.27. The molecule has 0 heterocycles. The van der Waals surface area contributed by atoms with Crippen LogP contribution in [0, 0.1) is 0 Å². The Hall–Kier alpha value is -1.19. The van der Waals surface area contributed by atoms with E-state index in [0.29, 0.717) is 10.9 Å². The number of nitrogens with zero attached hydrogens (tertiary/aromatic N) is 1. The van der Waals surface area contributed by atoms with E-state index in [1.165, 1.54) is 7.11 Å². The van der Waals surface area contributed by atoms with Crippen LogP contribution >= 0.6 is 0 Å². The van der Waals surface area contributed by atoms with E-state index >= 15 is 0 Å². The zero-order valence-corrected chi connectivity index (χ0v) is 17.2. The second-order valence-corrected chi connectivity index (χ2v) is 16.6. The molecular weight excluding hydrogens is 366 g/mol. The Labute approximate surface area is 145 Å².